The molecule has 6 rings (SSSR count). The Kier molecular flexibility index (Phi) is 6.23. The molecule has 7 nitrogen and oxygen atoms in total. The maximum atomic E-state index is 14.4. The Hall–Kier alpha value is -3.22. The Bertz CT molecular complexity index is 1440. The third kappa shape index (κ3) is 4.29. The van der Waals surface area contributed by atoms with Crippen LogP contribution < -0.4 is 5.32 Å². The molecule has 4 aromatic rings. The number of nitriles is 1. The quantitative estimate of drug-likeness (QED) is 0.365. The molecular formula is C27H28FN7S. The van der Waals surface area contributed by atoms with Gasteiger partial charge < -0.3 is 5.32 Å². The lowest BCUT2D eigenvalue weighted by Crippen LogP contribution is -2.44. The second-order valence-electron chi connectivity index (χ2n) is 9.84. The highest BCUT2D eigenvalue weighted by Gasteiger charge is 2.28. The van der Waals surface area contributed by atoms with Crippen LogP contribution in [0.5, 0.6) is 0 Å². The molecule has 0 radical (unpaired) electrons. The van der Waals surface area contributed by atoms with E-state index < -0.39 is 5.82 Å². The summed E-state index contributed by atoms with van der Waals surface area (Å²) in [6, 6.07) is 8.91. The van der Waals surface area contributed by atoms with E-state index in [0.29, 0.717) is 23.2 Å². The average molecular weight is 502 g/mol. The number of aromatic nitrogens is 5. The molecule has 2 saturated carbocycles. The summed E-state index contributed by atoms with van der Waals surface area (Å²) in [4.78, 5) is 4.92. The van der Waals surface area contributed by atoms with Gasteiger partial charge in [0, 0.05) is 46.2 Å². The van der Waals surface area contributed by atoms with E-state index in [1.165, 1.54) is 49.9 Å². The van der Waals surface area contributed by atoms with Gasteiger partial charge in [0.05, 0.1) is 29.5 Å². The monoisotopic (exact) mass is 501 g/mol. The molecule has 4 heterocycles. The normalized spacial score (nSPS) is 20.4. The van der Waals surface area contributed by atoms with Gasteiger partial charge in [-0.25, -0.2) is 13.9 Å². The molecule has 184 valence electrons. The SMILES string of the molecule is Cc1c(-c2cc(Sc3ncccc3F)c3c(C#N)cnn3c2)cnn1[C@H]1CC[C@@H](NC2CCC2)CC1. The van der Waals surface area contributed by atoms with Crippen LogP contribution in [-0.4, -0.2) is 36.5 Å². The van der Waals surface area contributed by atoms with Gasteiger partial charge in [-0.2, -0.15) is 15.5 Å². The highest BCUT2D eigenvalue weighted by Crippen LogP contribution is 2.38. The van der Waals surface area contributed by atoms with Crippen LogP contribution in [0.4, 0.5) is 4.39 Å². The number of rotatable bonds is 6. The van der Waals surface area contributed by atoms with E-state index in [-0.39, 0.29) is 5.03 Å². The smallest absolute Gasteiger partial charge is 0.155 e. The van der Waals surface area contributed by atoms with Crippen molar-refractivity contribution in [1.29, 1.82) is 5.26 Å². The molecule has 0 atom stereocenters. The molecule has 1 N–H and O–H groups in total. The van der Waals surface area contributed by atoms with Crippen molar-refractivity contribution >= 4 is 17.3 Å². The van der Waals surface area contributed by atoms with Crippen molar-refractivity contribution in [2.45, 2.75) is 79.9 Å². The molecule has 0 aromatic carbocycles. The van der Waals surface area contributed by atoms with E-state index in [9.17, 15) is 9.65 Å². The van der Waals surface area contributed by atoms with E-state index in [1.807, 2.05) is 18.5 Å². The summed E-state index contributed by atoms with van der Waals surface area (Å²) >= 11 is 1.21. The van der Waals surface area contributed by atoms with Gasteiger partial charge in [-0.15, -0.1) is 0 Å². The minimum absolute atomic E-state index is 0.265. The third-order valence-corrected chi connectivity index (χ3v) is 8.63. The first kappa shape index (κ1) is 23.2. The second kappa shape index (κ2) is 9.68. The number of nitrogens with one attached hydrogen (secondary N) is 1. The first-order valence-corrected chi connectivity index (χ1v) is 13.4. The summed E-state index contributed by atoms with van der Waals surface area (Å²) < 4.78 is 18.3. The van der Waals surface area contributed by atoms with Crippen LogP contribution in [0.1, 0.15) is 62.2 Å². The lowest BCUT2D eigenvalue weighted by molar-refractivity contribution is 0.228. The number of halogens is 1. The molecule has 0 spiro atoms. The van der Waals surface area contributed by atoms with Crippen molar-refractivity contribution < 1.29 is 4.39 Å². The zero-order valence-corrected chi connectivity index (χ0v) is 21.0. The van der Waals surface area contributed by atoms with Gasteiger partial charge in [-0.1, -0.05) is 18.2 Å². The van der Waals surface area contributed by atoms with Crippen LogP contribution >= 0.6 is 11.8 Å². The highest BCUT2D eigenvalue weighted by atomic mass is 32.2. The summed E-state index contributed by atoms with van der Waals surface area (Å²) in [7, 11) is 0. The number of pyridine rings is 2. The van der Waals surface area contributed by atoms with Crippen molar-refractivity contribution in [3.8, 4) is 17.2 Å². The second-order valence-corrected chi connectivity index (χ2v) is 10.9. The molecule has 2 aliphatic rings. The molecule has 36 heavy (non-hydrogen) atoms. The lowest BCUT2D eigenvalue weighted by Gasteiger charge is -2.35. The van der Waals surface area contributed by atoms with Crippen LogP contribution in [0.2, 0.25) is 0 Å². The summed E-state index contributed by atoms with van der Waals surface area (Å²) in [5, 5.41) is 22.9. The Morgan fingerprint density at radius 2 is 1.92 bits per heavy atom. The Morgan fingerprint density at radius 3 is 2.64 bits per heavy atom. The number of fused-ring (bicyclic) bond motifs is 1. The van der Waals surface area contributed by atoms with E-state index in [1.54, 1.807) is 23.0 Å². The maximum absolute atomic E-state index is 14.4. The van der Waals surface area contributed by atoms with Crippen LogP contribution in [-0.2, 0) is 0 Å². The van der Waals surface area contributed by atoms with Crippen LogP contribution in [0, 0.1) is 24.1 Å². The Labute approximate surface area is 213 Å². The fraction of sp³-hybridized carbons (Fsp3) is 0.407. The summed E-state index contributed by atoms with van der Waals surface area (Å²) in [5.74, 6) is -0.393. The molecule has 0 aliphatic heterocycles. The summed E-state index contributed by atoms with van der Waals surface area (Å²) in [5.41, 5.74) is 4.15. The van der Waals surface area contributed by atoms with E-state index in [4.69, 9.17) is 5.10 Å². The molecule has 9 heteroatoms. The van der Waals surface area contributed by atoms with Crippen molar-refractivity contribution in [2.75, 3.05) is 0 Å². The van der Waals surface area contributed by atoms with Crippen molar-refractivity contribution in [1.82, 2.24) is 29.7 Å². The van der Waals surface area contributed by atoms with Gasteiger partial charge in [-0.05, 0) is 63.6 Å². The maximum Gasteiger partial charge on any atom is 0.155 e. The zero-order valence-electron chi connectivity index (χ0n) is 20.2. The van der Waals surface area contributed by atoms with Gasteiger partial charge in [0.15, 0.2) is 5.82 Å². The van der Waals surface area contributed by atoms with Crippen LogP contribution in [0.3, 0.4) is 0 Å². The molecule has 0 bridgehead atoms. The van der Waals surface area contributed by atoms with Crippen molar-refractivity contribution in [2.24, 2.45) is 0 Å². The first-order chi connectivity index (χ1) is 17.6. The van der Waals surface area contributed by atoms with Crippen molar-refractivity contribution in [3.63, 3.8) is 0 Å². The molecule has 2 fully saturated rings. The van der Waals surface area contributed by atoms with Gasteiger partial charge in [-0.3, -0.25) is 4.68 Å². The van der Waals surface area contributed by atoms with Gasteiger partial charge >= 0.3 is 0 Å². The standard InChI is InChI=1S/C27H28FN7S/c1-17-23(15-32-35(17)22-9-7-21(8-10-22)33-20-4-2-5-20)18-12-25(36-27-24(28)6-3-11-30-27)26-19(13-29)14-31-34(26)16-18/h3,6,11-12,14-16,20-22,33H,2,4-5,7-10H2,1H3/t21-,22+. The van der Waals surface area contributed by atoms with Crippen LogP contribution in [0.25, 0.3) is 16.6 Å². The van der Waals surface area contributed by atoms with E-state index in [2.05, 4.69) is 33.1 Å². The largest absolute Gasteiger partial charge is 0.311 e. The minimum atomic E-state index is -0.393. The van der Waals surface area contributed by atoms with E-state index >= 15 is 0 Å². The third-order valence-electron chi connectivity index (χ3n) is 7.60. The first-order valence-electron chi connectivity index (χ1n) is 12.6. The average Bonchev–Trinajstić information content (AvgIpc) is 3.46. The van der Waals surface area contributed by atoms with E-state index in [0.717, 1.165) is 40.6 Å². The molecule has 0 saturated heterocycles. The minimum Gasteiger partial charge on any atom is -0.311 e. The molecule has 0 amide bonds. The van der Waals surface area contributed by atoms with Crippen molar-refractivity contribution in [3.05, 3.63) is 60.1 Å². The fourth-order valence-electron chi connectivity index (χ4n) is 5.41. The highest BCUT2D eigenvalue weighted by molar-refractivity contribution is 7.99. The number of hydrogen-bond acceptors (Lipinski definition) is 6. The predicted molar refractivity (Wildman–Crippen MR) is 136 cm³/mol. The molecular weight excluding hydrogens is 473 g/mol. The number of hydrogen-bond donors (Lipinski definition) is 1. The van der Waals surface area contributed by atoms with Gasteiger partial charge in [0.1, 0.15) is 11.1 Å². The van der Waals surface area contributed by atoms with Gasteiger partial charge in [0.2, 0.25) is 0 Å². The van der Waals surface area contributed by atoms with Crippen LogP contribution in [0.15, 0.2) is 52.9 Å². The predicted octanol–water partition coefficient (Wildman–Crippen LogP) is 5.69. The Balaban J connectivity index is 1.30. The summed E-state index contributed by atoms with van der Waals surface area (Å²) in [6.45, 7) is 2.11. The zero-order chi connectivity index (χ0) is 24.6. The summed E-state index contributed by atoms with van der Waals surface area (Å²) in [6.07, 6.45) is 15.6. The molecule has 4 aromatic heterocycles. The topological polar surface area (TPSA) is 83.8 Å². The molecule has 0 unspecified atom stereocenters. The fourth-order valence-corrected chi connectivity index (χ4v) is 6.39. The lowest BCUT2D eigenvalue weighted by atomic mass is 9.87. The number of nitrogens with zero attached hydrogens (tertiary/aromatic N) is 6. The van der Waals surface area contributed by atoms with Gasteiger partial charge in [0.25, 0.3) is 0 Å². The Morgan fingerprint density at radius 1 is 1.11 bits per heavy atom. The molecule has 2 aliphatic carbocycles.